The summed E-state index contributed by atoms with van der Waals surface area (Å²) in [7, 11) is 2.10. The van der Waals surface area contributed by atoms with Gasteiger partial charge in [-0.3, -0.25) is 0 Å². The number of para-hydroxylation sites is 1. The fraction of sp³-hybridized carbons (Fsp3) is 0.571. The van der Waals surface area contributed by atoms with Crippen molar-refractivity contribution in [1.82, 2.24) is 0 Å². The Bertz CT molecular complexity index is 261. The second-order valence-corrected chi connectivity index (χ2v) is 4.08. The van der Waals surface area contributed by atoms with E-state index in [4.69, 9.17) is 4.74 Å². The first-order chi connectivity index (χ1) is 7.84. The molecule has 0 unspecified atom stereocenters. The van der Waals surface area contributed by atoms with Crippen LogP contribution in [0.2, 0.25) is 0 Å². The third-order valence-corrected chi connectivity index (χ3v) is 2.66. The lowest BCUT2D eigenvalue weighted by Gasteiger charge is -2.18. The summed E-state index contributed by atoms with van der Waals surface area (Å²) < 4.78 is 5.59. The molecule has 0 bridgehead atoms. The Balaban J connectivity index is 2.09. The van der Waals surface area contributed by atoms with Gasteiger partial charge in [0.25, 0.3) is 0 Å². The van der Waals surface area contributed by atoms with E-state index in [2.05, 4.69) is 43.1 Å². The highest BCUT2D eigenvalue weighted by Crippen LogP contribution is 2.10. The third kappa shape index (κ3) is 5.17. The molecule has 0 aliphatic carbocycles. The van der Waals surface area contributed by atoms with Crippen molar-refractivity contribution in [3.05, 3.63) is 30.3 Å². The van der Waals surface area contributed by atoms with Crippen molar-refractivity contribution in [1.29, 1.82) is 0 Å². The lowest BCUT2D eigenvalue weighted by atomic mass is 10.3. The molecule has 0 saturated carbocycles. The minimum Gasteiger partial charge on any atom is -0.380 e. The minimum atomic E-state index is 0.815. The highest BCUT2D eigenvalue weighted by Gasteiger charge is 1.98. The Hall–Kier alpha value is -1.02. The summed E-state index contributed by atoms with van der Waals surface area (Å²) >= 11 is 0. The molecule has 16 heavy (non-hydrogen) atoms. The van der Waals surface area contributed by atoms with E-state index in [1.54, 1.807) is 0 Å². The first kappa shape index (κ1) is 13.0. The van der Waals surface area contributed by atoms with Crippen LogP contribution in [0.3, 0.4) is 0 Å². The summed E-state index contributed by atoms with van der Waals surface area (Å²) in [5.74, 6) is 0. The van der Waals surface area contributed by atoms with Crippen LogP contribution in [0.4, 0.5) is 5.69 Å². The number of likely N-dealkylation sites (N-methyl/N-ethyl adjacent to an activating group) is 1. The molecule has 0 radical (unpaired) electrons. The molecule has 1 rings (SSSR count). The molecule has 0 heterocycles. The predicted octanol–water partition coefficient (Wildman–Crippen LogP) is 3.33. The van der Waals surface area contributed by atoms with Gasteiger partial charge in [-0.2, -0.15) is 0 Å². The monoisotopic (exact) mass is 221 g/mol. The SMILES string of the molecule is CCCCCOCCN(C)c1ccccc1. The van der Waals surface area contributed by atoms with E-state index in [1.807, 2.05) is 6.07 Å². The van der Waals surface area contributed by atoms with Crippen molar-refractivity contribution in [3.63, 3.8) is 0 Å². The lowest BCUT2D eigenvalue weighted by Crippen LogP contribution is -2.22. The fourth-order valence-electron chi connectivity index (χ4n) is 1.57. The topological polar surface area (TPSA) is 12.5 Å². The Morgan fingerprint density at radius 1 is 1.06 bits per heavy atom. The molecule has 2 heteroatoms. The number of rotatable bonds is 8. The highest BCUT2D eigenvalue weighted by atomic mass is 16.5. The number of nitrogens with zero attached hydrogens (tertiary/aromatic N) is 1. The first-order valence-corrected chi connectivity index (χ1v) is 6.18. The van der Waals surface area contributed by atoms with Crippen molar-refractivity contribution in [2.75, 3.05) is 31.7 Å². The van der Waals surface area contributed by atoms with Gasteiger partial charge in [-0.15, -0.1) is 0 Å². The molecule has 0 N–H and O–H groups in total. The first-order valence-electron chi connectivity index (χ1n) is 6.18. The molecule has 0 aliphatic rings. The van der Waals surface area contributed by atoms with Crippen LogP contribution in [0.25, 0.3) is 0 Å². The highest BCUT2D eigenvalue weighted by molar-refractivity contribution is 5.44. The van der Waals surface area contributed by atoms with E-state index in [0.717, 1.165) is 19.8 Å². The molecule has 0 saturated heterocycles. The molecule has 0 aliphatic heterocycles. The molecule has 90 valence electrons. The smallest absolute Gasteiger partial charge is 0.0641 e. The quantitative estimate of drug-likeness (QED) is 0.624. The second kappa shape index (κ2) is 8.17. The van der Waals surface area contributed by atoms with Crippen LogP contribution in [0, 0.1) is 0 Å². The number of unbranched alkanes of at least 4 members (excludes halogenated alkanes) is 2. The lowest BCUT2D eigenvalue weighted by molar-refractivity contribution is 0.136. The van der Waals surface area contributed by atoms with E-state index < -0.39 is 0 Å². The van der Waals surface area contributed by atoms with Gasteiger partial charge in [0.05, 0.1) is 6.61 Å². The van der Waals surface area contributed by atoms with E-state index in [9.17, 15) is 0 Å². The molecule has 2 nitrogen and oxygen atoms in total. The van der Waals surface area contributed by atoms with Gasteiger partial charge in [-0.25, -0.2) is 0 Å². The Morgan fingerprint density at radius 3 is 2.50 bits per heavy atom. The standard InChI is InChI=1S/C14H23NO/c1-3-4-8-12-16-13-11-15(2)14-9-6-5-7-10-14/h5-7,9-10H,3-4,8,11-13H2,1-2H3. The zero-order chi connectivity index (χ0) is 11.6. The minimum absolute atomic E-state index is 0.815. The second-order valence-electron chi connectivity index (χ2n) is 4.08. The summed E-state index contributed by atoms with van der Waals surface area (Å²) in [6.45, 7) is 4.88. The van der Waals surface area contributed by atoms with Crippen molar-refractivity contribution in [3.8, 4) is 0 Å². The largest absolute Gasteiger partial charge is 0.380 e. The molecule has 0 fully saturated rings. The predicted molar refractivity (Wildman–Crippen MR) is 70.1 cm³/mol. The normalized spacial score (nSPS) is 10.4. The van der Waals surface area contributed by atoms with E-state index in [1.165, 1.54) is 24.9 Å². The van der Waals surface area contributed by atoms with Crippen LogP contribution in [-0.4, -0.2) is 26.8 Å². The summed E-state index contributed by atoms with van der Waals surface area (Å²) in [6, 6.07) is 10.4. The van der Waals surface area contributed by atoms with Crippen LogP contribution in [0.1, 0.15) is 26.2 Å². The summed E-state index contributed by atoms with van der Waals surface area (Å²) in [6.07, 6.45) is 3.72. The maximum atomic E-state index is 5.59. The molecule has 1 aromatic rings. The van der Waals surface area contributed by atoms with Gasteiger partial charge in [-0.05, 0) is 18.6 Å². The van der Waals surface area contributed by atoms with Crippen molar-refractivity contribution < 1.29 is 4.74 Å². The van der Waals surface area contributed by atoms with Crippen LogP contribution in [0.15, 0.2) is 30.3 Å². The summed E-state index contributed by atoms with van der Waals surface area (Å²) in [5.41, 5.74) is 1.25. The summed E-state index contributed by atoms with van der Waals surface area (Å²) in [4.78, 5) is 2.22. The van der Waals surface area contributed by atoms with Gasteiger partial charge in [0.2, 0.25) is 0 Å². The number of hydrogen-bond donors (Lipinski definition) is 0. The molecular weight excluding hydrogens is 198 g/mol. The number of benzene rings is 1. The summed E-state index contributed by atoms with van der Waals surface area (Å²) in [5, 5.41) is 0. The van der Waals surface area contributed by atoms with E-state index >= 15 is 0 Å². The van der Waals surface area contributed by atoms with Gasteiger partial charge in [-0.1, -0.05) is 38.0 Å². The van der Waals surface area contributed by atoms with Gasteiger partial charge in [0, 0.05) is 25.9 Å². The number of ether oxygens (including phenoxy) is 1. The number of hydrogen-bond acceptors (Lipinski definition) is 2. The van der Waals surface area contributed by atoms with Crippen molar-refractivity contribution >= 4 is 5.69 Å². The van der Waals surface area contributed by atoms with Gasteiger partial charge >= 0.3 is 0 Å². The van der Waals surface area contributed by atoms with Crippen LogP contribution in [-0.2, 0) is 4.74 Å². The van der Waals surface area contributed by atoms with Crippen molar-refractivity contribution in [2.24, 2.45) is 0 Å². The number of anilines is 1. The molecular formula is C14H23NO. The van der Waals surface area contributed by atoms with Gasteiger partial charge in [0.1, 0.15) is 0 Å². The van der Waals surface area contributed by atoms with Gasteiger partial charge in [0.15, 0.2) is 0 Å². The molecule has 1 aromatic carbocycles. The Labute approximate surface area is 99.2 Å². The Kier molecular flexibility index (Phi) is 6.66. The van der Waals surface area contributed by atoms with E-state index in [0.29, 0.717) is 0 Å². The molecule has 0 aromatic heterocycles. The average Bonchev–Trinajstić information content (AvgIpc) is 2.34. The van der Waals surface area contributed by atoms with Crippen LogP contribution in [0.5, 0.6) is 0 Å². The fourth-order valence-corrected chi connectivity index (χ4v) is 1.57. The maximum absolute atomic E-state index is 5.59. The van der Waals surface area contributed by atoms with Gasteiger partial charge < -0.3 is 9.64 Å². The maximum Gasteiger partial charge on any atom is 0.0641 e. The molecule has 0 atom stereocenters. The zero-order valence-electron chi connectivity index (χ0n) is 10.5. The van der Waals surface area contributed by atoms with E-state index in [-0.39, 0.29) is 0 Å². The zero-order valence-corrected chi connectivity index (χ0v) is 10.5. The van der Waals surface area contributed by atoms with Crippen LogP contribution >= 0.6 is 0 Å². The third-order valence-electron chi connectivity index (χ3n) is 2.66. The molecule has 0 amide bonds. The molecule has 0 spiro atoms. The Morgan fingerprint density at radius 2 is 1.81 bits per heavy atom. The van der Waals surface area contributed by atoms with Crippen molar-refractivity contribution in [2.45, 2.75) is 26.2 Å². The van der Waals surface area contributed by atoms with Crippen LogP contribution < -0.4 is 4.90 Å². The average molecular weight is 221 g/mol.